The molecule has 0 atom stereocenters. The lowest BCUT2D eigenvalue weighted by molar-refractivity contribution is -0.116. The molecule has 1 amide bonds. The highest BCUT2D eigenvalue weighted by Gasteiger charge is 2.31. The average molecular weight is 301 g/mol. The Labute approximate surface area is 129 Å². The van der Waals surface area contributed by atoms with Crippen molar-refractivity contribution in [2.45, 2.75) is 39.0 Å². The minimum absolute atomic E-state index is 0.0315. The predicted molar refractivity (Wildman–Crippen MR) is 84.0 cm³/mol. The van der Waals surface area contributed by atoms with Crippen molar-refractivity contribution < 1.29 is 9.18 Å². The Morgan fingerprint density at radius 3 is 2.86 bits per heavy atom. The van der Waals surface area contributed by atoms with Gasteiger partial charge in [0.1, 0.15) is 11.5 Å². The van der Waals surface area contributed by atoms with E-state index in [1.54, 1.807) is 12.1 Å². The number of H-pyrrole nitrogens is 1. The number of benzene rings is 1. The highest BCUT2D eigenvalue weighted by molar-refractivity contribution is 5.95. The van der Waals surface area contributed by atoms with Gasteiger partial charge in [0, 0.05) is 17.9 Å². The van der Waals surface area contributed by atoms with Gasteiger partial charge >= 0.3 is 0 Å². The Morgan fingerprint density at radius 1 is 1.45 bits per heavy atom. The lowest BCUT2D eigenvalue weighted by Gasteiger charge is -2.09. The fourth-order valence-electron chi connectivity index (χ4n) is 2.56. The van der Waals surface area contributed by atoms with E-state index in [4.69, 9.17) is 0 Å². The van der Waals surface area contributed by atoms with Crippen molar-refractivity contribution in [3.63, 3.8) is 0 Å². The number of nitrogens with one attached hydrogen (secondary N) is 2. The van der Waals surface area contributed by atoms with Crippen molar-refractivity contribution in [2.24, 2.45) is 5.92 Å². The summed E-state index contributed by atoms with van der Waals surface area (Å²) >= 11 is 0. The quantitative estimate of drug-likeness (QED) is 0.874. The molecule has 2 N–H and O–H groups in total. The van der Waals surface area contributed by atoms with Gasteiger partial charge in [-0.25, -0.2) is 4.39 Å². The van der Waals surface area contributed by atoms with Crippen LogP contribution in [-0.2, 0) is 4.79 Å². The summed E-state index contributed by atoms with van der Waals surface area (Å²) in [6.07, 6.45) is 2.65. The zero-order valence-electron chi connectivity index (χ0n) is 12.8. The molecule has 5 heteroatoms. The number of carbonyl (C=O) groups is 1. The molecule has 1 fully saturated rings. The summed E-state index contributed by atoms with van der Waals surface area (Å²) in [5.74, 6) is 0.363. The van der Waals surface area contributed by atoms with Gasteiger partial charge < -0.3 is 5.32 Å². The van der Waals surface area contributed by atoms with Crippen LogP contribution in [0.1, 0.15) is 44.7 Å². The number of carbonyl (C=O) groups excluding carboxylic acids is 1. The van der Waals surface area contributed by atoms with Crippen molar-refractivity contribution in [2.75, 3.05) is 5.32 Å². The van der Waals surface area contributed by atoms with Gasteiger partial charge in [-0.15, -0.1) is 0 Å². The van der Waals surface area contributed by atoms with E-state index in [1.807, 2.05) is 13.8 Å². The van der Waals surface area contributed by atoms with Crippen LogP contribution in [0.4, 0.5) is 10.1 Å². The molecule has 0 unspecified atom stereocenters. The Morgan fingerprint density at radius 2 is 2.23 bits per heavy atom. The molecule has 0 spiro atoms. The van der Waals surface area contributed by atoms with Crippen molar-refractivity contribution >= 4 is 11.6 Å². The minimum atomic E-state index is -0.312. The van der Waals surface area contributed by atoms with Crippen LogP contribution in [0.25, 0.3) is 11.3 Å². The molecule has 0 radical (unpaired) electrons. The number of halogens is 1. The summed E-state index contributed by atoms with van der Waals surface area (Å²) in [4.78, 5) is 12.1. The van der Waals surface area contributed by atoms with Gasteiger partial charge in [0.2, 0.25) is 5.91 Å². The number of rotatable bonds is 5. The van der Waals surface area contributed by atoms with E-state index in [-0.39, 0.29) is 17.6 Å². The summed E-state index contributed by atoms with van der Waals surface area (Å²) in [6.45, 7) is 4.01. The maximum Gasteiger partial charge on any atom is 0.224 e. The third kappa shape index (κ3) is 3.18. The molecule has 1 heterocycles. The summed E-state index contributed by atoms with van der Waals surface area (Å²) in [7, 11) is 0. The Kier molecular flexibility index (Phi) is 3.96. The molecule has 0 bridgehead atoms. The summed E-state index contributed by atoms with van der Waals surface area (Å²) < 4.78 is 13.5. The van der Waals surface area contributed by atoms with Gasteiger partial charge in [-0.2, -0.15) is 5.10 Å². The SMILES string of the molecule is CC(C)CC(=O)Nc1c(-c2cccc(F)c2)n[nH]c1C1CC1. The first kappa shape index (κ1) is 14.8. The van der Waals surface area contributed by atoms with E-state index in [9.17, 15) is 9.18 Å². The third-order valence-corrected chi connectivity index (χ3v) is 3.74. The number of aromatic amines is 1. The molecule has 2 aromatic rings. The lowest BCUT2D eigenvalue weighted by Crippen LogP contribution is -2.15. The number of nitrogens with zero attached hydrogens (tertiary/aromatic N) is 1. The van der Waals surface area contributed by atoms with E-state index in [1.165, 1.54) is 12.1 Å². The molecular weight excluding hydrogens is 281 g/mol. The van der Waals surface area contributed by atoms with Gasteiger partial charge in [-0.1, -0.05) is 26.0 Å². The molecule has 1 saturated carbocycles. The zero-order valence-corrected chi connectivity index (χ0v) is 12.8. The summed E-state index contributed by atoms with van der Waals surface area (Å²) in [6, 6.07) is 6.28. The second kappa shape index (κ2) is 5.91. The molecular formula is C17H20FN3O. The zero-order chi connectivity index (χ0) is 15.7. The number of amides is 1. The Bertz CT molecular complexity index is 689. The van der Waals surface area contributed by atoms with Crippen molar-refractivity contribution in [1.82, 2.24) is 10.2 Å². The summed E-state index contributed by atoms with van der Waals surface area (Å²) in [5.41, 5.74) is 2.94. The second-order valence-electron chi connectivity index (χ2n) is 6.29. The largest absolute Gasteiger partial charge is 0.323 e. The number of aromatic nitrogens is 2. The monoisotopic (exact) mass is 301 g/mol. The first-order valence-electron chi connectivity index (χ1n) is 7.68. The van der Waals surface area contributed by atoms with E-state index >= 15 is 0 Å². The van der Waals surface area contributed by atoms with E-state index < -0.39 is 0 Å². The van der Waals surface area contributed by atoms with Gasteiger partial charge in [0.25, 0.3) is 0 Å². The standard InChI is InChI=1S/C17H20FN3O/c1-10(2)8-14(22)19-17-15(11-6-7-11)20-21-16(17)12-4-3-5-13(18)9-12/h3-5,9-11H,6-8H2,1-2H3,(H,19,22)(H,20,21). The molecule has 3 rings (SSSR count). The first-order chi connectivity index (χ1) is 10.5. The van der Waals surface area contributed by atoms with Gasteiger partial charge in [-0.05, 0) is 30.9 Å². The molecule has 0 aliphatic heterocycles. The van der Waals surface area contributed by atoms with E-state index in [0.29, 0.717) is 29.3 Å². The molecule has 0 saturated heterocycles. The second-order valence-corrected chi connectivity index (χ2v) is 6.29. The van der Waals surface area contributed by atoms with Crippen molar-refractivity contribution in [3.05, 3.63) is 35.8 Å². The van der Waals surface area contributed by atoms with Gasteiger partial charge in [0.15, 0.2) is 0 Å². The first-order valence-corrected chi connectivity index (χ1v) is 7.68. The molecule has 116 valence electrons. The average Bonchev–Trinajstić information content (AvgIpc) is 3.20. The maximum absolute atomic E-state index is 13.5. The molecule has 4 nitrogen and oxygen atoms in total. The van der Waals surface area contributed by atoms with Gasteiger partial charge in [0.05, 0.1) is 11.4 Å². The predicted octanol–water partition coefficient (Wildman–Crippen LogP) is 4.08. The van der Waals surface area contributed by atoms with Crippen LogP contribution in [0.3, 0.4) is 0 Å². The lowest BCUT2D eigenvalue weighted by atomic mass is 10.1. The van der Waals surface area contributed by atoms with Crippen LogP contribution >= 0.6 is 0 Å². The Balaban J connectivity index is 1.95. The number of anilines is 1. The minimum Gasteiger partial charge on any atom is -0.323 e. The molecule has 1 aliphatic rings. The van der Waals surface area contributed by atoms with Crippen molar-refractivity contribution in [3.8, 4) is 11.3 Å². The maximum atomic E-state index is 13.5. The topological polar surface area (TPSA) is 57.8 Å². The number of hydrogen-bond donors (Lipinski definition) is 2. The van der Waals surface area contributed by atoms with E-state index in [0.717, 1.165) is 18.5 Å². The van der Waals surface area contributed by atoms with Crippen LogP contribution in [0.15, 0.2) is 24.3 Å². The van der Waals surface area contributed by atoms with Crippen LogP contribution in [0.5, 0.6) is 0 Å². The molecule has 22 heavy (non-hydrogen) atoms. The highest BCUT2D eigenvalue weighted by Crippen LogP contribution is 2.45. The van der Waals surface area contributed by atoms with Crippen LogP contribution in [0, 0.1) is 11.7 Å². The fraction of sp³-hybridized carbons (Fsp3) is 0.412. The molecule has 1 aromatic carbocycles. The Hall–Kier alpha value is -2.17. The third-order valence-electron chi connectivity index (χ3n) is 3.74. The van der Waals surface area contributed by atoms with Crippen LogP contribution < -0.4 is 5.32 Å². The van der Waals surface area contributed by atoms with Crippen molar-refractivity contribution in [1.29, 1.82) is 0 Å². The fourth-order valence-corrected chi connectivity index (χ4v) is 2.56. The number of hydrogen-bond acceptors (Lipinski definition) is 2. The normalized spacial score (nSPS) is 14.4. The van der Waals surface area contributed by atoms with Crippen LogP contribution in [0.2, 0.25) is 0 Å². The smallest absolute Gasteiger partial charge is 0.224 e. The summed E-state index contributed by atoms with van der Waals surface area (Å²) in [5, 5.41) is 10.3. The highest BCUT2D eigenvalue weighted by atomic mass is 19.1. The molecule has 1 aromatic heterocycles. The van der Waals surface area contributed by atoms with Gasteiger partial charge in [-0.3, -0.25) is 9.89 Å². The van der Waals surface area contributed by atoms with E-state index in [2.05, 4.69) is 15.5 Å². The van der Waals surface area contributed by atoms with Crippen LogP contribution in [-0.4, -0.2) is 16.1 Å². The molecule has 1 aliphatic carbocycles.